The maximum atomic E-state index is 5.98. The largest absolute Gasteiger partial charge is 0.457 e. The van der Waals surface area contributed by atoms with Gasteiger partial charge in [-0.3, -0.25) is 0 Å². The Labute approximate surface area is 123 Å². The lowest BCUT2D eigenvalue weighted by molar-refractivity contribution is 0.482. The summed E-state index contributed by atoms with van der Waals surface area (Å²) in [7, 11) is 0. The zero-order chi connectivity index (χ0) is 14.5. The molecule has 0 aliphatic carbocycles. The van der Waals surface area contributed by atoms with Gasteiger partial charge in [0.25, 0.3) is 0 Å². The summed E-state index contributed by atoms with van der Waals surface area (Å²) in [6, 6.07) is 13.1. The number of aryl methyl sites for hydroxylation is 1. The van der Waals surface area contributed by atoms with Crippen LogP contribution in [0.1, 0.15) is 11.1 Å². The molecule has 2 rings (SSSR count). The monoisotopic (exact) mass is 289 g/mol. The summed E-state index contributed by atoms with van der Waals surface area (Å²) in [4.78, 5) is 3.95. The average molecular weight is 290 g/mol. The highest BCUT2D eigenvalue weighted by Crippen LogP contribution is 2.26. The fraction of sp³-hybridized carbons (Fsp3) is 0.133. The van der Waals surface area contributed by atoms with Gasteiger partial charge in [-0.1, -0.05) is 23.7 Å². The topological polar surface area (TPSA) is 73.6 Å². The second-order valence-corrected chi connectivity index (χ2v) is 4.81. The Kier molecular flexibility index (Phi) is 4.48. The SMILES string of the molecule is Cc1cc(Oc2ccc(CN=C(N)N)cc2)ccc1Cl. The van der Waals surface area contributed by atoms with Crippen LogP contribution in [0.2, 0.25) is 5.02 Å². The molecule has 20 heavy (non-hydrogen) atoms. The number of guanidine groups is 1. The molecule has 104 valence electrons. The van der Waals surface area contributed by atoms with Crippen LogP contribution in [0, 0.1) is 6.92 Å². The summed E-state index contributed by atoms with van der Waals surface area (Å²) in [5.41, 5.74) is 12.6. The van der Waals surface area contributed by atoms with Crippen molar-refractivity contribution in [1.82, 2.24) is 0 Å². The molecule has 5 heteroatoms. The van der Waals surface area contributed by atoms with E-state index in [9.17, 15) is 0 Å². The minimum Gasteiger partial charge on any atom is -0.457 e. The van der Waals surface area contributed by atoms with Crippen molar-refractivity contribution in [1.29, 1.82) is 0 Å². The fourth-order valence-electron chi connectivity index (χ4n) is 1.66. The Morgan fingerprint density at radius 2 is 1.75 bits per heavy atom. The smallest absolute Gasteiger partial charge is 0.186 e. The first-order valence-corrected chi connectivity index (χ1v) is 6.51. The first-order chi connectivity index (χ1) is 9.54. The van der Waals surface area contributed by atoms with Crippen LogP contribution >= 0.6 is 11.6 Å². The first-order valence-electron chi connectivity index (χ1n) is 6.13. The zero-order valence-corrected chi connectivity index (χ0v) is 11.9. The van der Waals surface area contributed by atoms with Crippen molar-refractivity contribution in [2.75, 3.05) is 0 Å². The van der Waals surface area contributed by atoms with Gasteiger partial charge in [0.2, 0.25) is 0 Å². The van der Waals surface area contributed by atoms with Gasteiger partial charge in [0.1, 0.15) is 11.5 Å². The Morgan fingerprint density at radius 1 is 1.10 bits per heavy atom. The van der Waals surface area contributed by atoms with Crippen LogP contribution in [-0.4, -0.2) is 5.96 Å². The van der Waals surface area contributed by atoms with Crippen molar-refractivity contribution in [3.63, 3.8) is 0 Å². The van der Waals surface area contributed by atoms with Gasteiger partial charge in [0.05, 0.1) is 6.54 Å². The number of nitrogens with two attached hydrogens (primary N) is 2. The van der Waals surface area contributed by atoms with Crippen molar-refractivity contribution in [3.05, 3.63) is 58.6 Å². The predicted molar refractivity (Wildman–Crippen MR) is 82.2 cm³/mol. The molecule has 0 fully saturated rings. The highest BCUT2D eigenvalue weighted by molar-refractivity contribution is 6.31. The van der Waals surface area contributed by atoms with E-state index in [0.717, 1.165) is 27.6 Å². The highest BCUT2D eigenvalue weighted by Gasteiger charge is 2.01. The Morgan fingerprint density at radius 3 is 2.35 bits per heavy atom. The molecule has 0 saturated heterocycles. The Balaban J connectivity index is 2.06. The summed E-state index contributed by atoms with van der Waals surface area (Å²) in [6.45, 7) is 2.40. The van der Waals surface area contributed by atoms with E-state index in [1.807, 2.05) is 49.4 Å². The summed E-state index contributed by atoms with van der Waals surface area (Å²) < 4.78 is 5.75. The van der Waals surface area contributed by atoms with Gasteiger partial charge in [0.15, 0.2) is 5.96 Å². The van der Waals surface area contributed by atoms with Gasteiger partial charge < -0.3 is 16.2 Å². The molecule has 0 heterocycles. The van der Waals surface area contributed by atoms with Gasteiger partial charge in [-0.05, 0) is 48.4 Å². The van der Waals surface area contributed by atoms with Gasteiger partial charge in [-0.2, -0.15) is 0 Å². The molecule has 0 spiro atoms. The fourth-order valence-corrected chi connectivity index (χ4v) is 1.78. The molecule has 0 amide bonds. The average Bonchev–Trinajstić information content (AvgIpc) is 2.42. The van der Waals surface area contributed by atoms with Crippen LogP contribution < -0.4 is 16.2 Å². The summed E-state index contributed by atoms with van der Waals surface area (Å²) in [6.07, 6.45) is 0. The van der Waals surface area contributed by atoms with Crippen LogP contribution in [0.5, 0.6) is 11.5 Å². The van der Waals surface area contributed by atoms with E-state index in [1.54, 1.807) is 0 Å². The molecule has 0 saturated carbocycles. The van der Waals surface area contributed by atoms with E-state index in [0.29, 0.717) is 6.54 Å². The molecule has 0 aliphatic rings. The van der Waals surface area contributed by atoms with E-state index in [1.165, 1.54) is 0 Å². The van der Waals surface area contributed by atoms with E-state index >= 15 is 0 Å². The number of hydrogen-bond acceptors (Lipinski definition) is 2. The lowest BCUT2D eigenvalue weighted by Gasteiger charge is -2.08. The van der Waals surface area contributed by atoms with E-state index in [2.05, 4.69) is 4.99 Å². The van der Waals surface area contributed by atoms with Gasteiger partial charge >= 0.3 is 0 Å². The summed E-state index contributed by atoms with van der Waals surface area (Å²) >= 11 is 5.98. The summed E-state index contributed by atoms with van der Waals surface area (Å²) in [5, 5.41) is 0.727. The van der Waals surface area contributed by atoms with Crippen molar-refractivity contribution >= 4 is 17.6 Å². The maximum Gasteiger partial charge on any atom is 0.186 e. The minimum atomic E-state index is 0.0852. The molecule has 0 aliphatic heterocycles. The van der Waals surface area contributed by atoms with Crippen LogP contribution in [0.4, 0.5) is 0 Å². The number of benzene rings is 2. The lowest BCUT2D eigenvalue weighted by atomic mass is 10.2. The molecular weight excluding hydrogens is 274 g/mol. The van der Waals surface area contributed by atoms with E-state index in [-0.39, 0.29) is 5.96 Å². The zero-order valence-electron chi connectivity index (χ0n) is 11.1. The quantitative estimate of drug-likeness (QED) is 0.670. The highest BCUT2D eigenvalue weighted by atomic mass is 35.5. The van der Waals surface area contributed by atoms with Crippen LogP contribution in [0.3, 0.4) is 0 Å². The van der Waals surface area contributed by atoms with Crippen molar-refractivity contribution in [2.24, 2.45) is 16.5 Å². The molecule has 0 aromatic heterocycles. The number of halogens is 1. The van der Waals surface area contributed by atoms with Crippen LogP contribution in [-0.2, 0) is 6.54 Å². The van der Waals surface area contributed by atoms with Crippen molar-refractivity contribution < 1.29 is 4.74 Å². The van der Waals surface area contributed by atoms with Crippen LogP contribution in [0.25, 0.3) is 0 Å². The third-order valence-corrected chi connectivity index (χ3v) is 3.16. The molecule has 2 aromatic rings. The molecule has 0 bridgehead atoms. The van der Waals surface area contributed by atoms with Crippen LogP contribution in [0.15, 0.2) is 47.5 Å². The minimum absolute atomic E-state index is 0.0852. The van der Waals surface area contributed by atoms with Gasteiger partial charge in [-0.15, -0.1) is 0 Å². The first kappa shape index (κ1) is 14.2. The predicted octanol–water partition coefficient (Wildman–Crippen LogP) is 3.21. The standard InChI is InChI=1S/C15H16ClN3O/c1-10-8-13(6-7-14(10)16)20-12-4-2-11(3-5-12)9-19-15(17)18/h2-8H,9H2,1H3,(H4,17,18,19). The third kappa shape index (κ3) is 3.90. The maximum absolute atomic E-state index is 5.98. The normalized spacial score (nSPS) is 10.1. The number of nitrogens with zero attached hydrogens (tertiary/aromatic N) is 1. The number of ether oxygens (including phenoxy) is 1. The third-order valence-electron chi connectivity index (χ3n) is 2.73. The van der Waals surface area contributed by atoms with E-state index in [4.69, 9.17) is 27.8 Å². The van der Waals surface area contributed by atoms with E-state index < -0.39 is 0 Å². The molecule has 0 radical (unpaired) electrons. The molecular formula is C15H16ClN3O. The molecule has 0 atom stereocenters. The Bertz CT molecular complexity index is 620. The van der Waals surface area contributed by atoms with Gasteiger partial charge in [0, 0.05) is 5.02 Å². The number of rotatable bonds is 4. The second-order valence-electron chi connectivity index (χ2n) is 4.40. The van der Waals surface area contributed by atoms with Crippen molar-refractivity contribution in [3.8, 4) is 11.5 Å². The molecule has 0 unspecified atom stereocenters. The van der Waals surface area contributed by atoms with Crippen molar-refractivity contribution in [2.45, 2.75) is 13.5 Å². The molecule has 2 aromatic carbocycles. The number of aliphatic imine (C=N–C) groups is 1. The lowest BCUT2D eigenvalue weighted by Crippen LogP contribution is -2.22. The second kappa shape index (κ2) is 6.30. The van der Waals surface area contributed by atoms with Gasteiger partial charge in [-0.25, -0.2) is 4.99 Å². The number of hydrogen-bond donors (Lipinski definition) is 2. The Hall–Kier alpha value is -2.20. The molecule has 4 nitrogen and oxygen atoms in total. The summed E-state index contributed by atoms with van der Waals surface area (Å²) in [5.74, 6) is 1.59. The molecule has 4 N–H and O–H groups in total.